The van der Waals surface area contributed by atoms with Gasteiger partial charge in [0.2, 0.25) is 0 Å². The Hall–Kier alpha value is -2.55. The standard InChI is InChI=1S/C20H22N4O2.HI/c1-14(2)19-12-18(26-24-19)13-22-20(21)23-15-7-6-10-17(11-15)25-16-8-4-3-5-9-16;/h3-12,14H,13H2,1-2H3,(H3,21,22,23);1H. The molecule has 3 rings (SSSR count). The number of para-hydroxylation sites is 1. The van der Waals surface area contributed by atoms with Gasteiger partial charge in [-0.25, -0.2) is 4.99 Å². The maximum absolute atomic E-state index is 5.96. The van der Waals surface area contributed by atoms with Crippen LogP contribution < -0.4 is 15.8 Å². The van der Waals surface area contributed by atoms with Gasteiger partial charge in [0, 0.05) is 17.8 Å². The summed E-state index contributed by atoms with van der Waals surface area (Å²) in [6.07, 6.45) is 0. The lowest BCUT2D eigenvalue weighted by molar-refractivity contribution is 0.376. The maximum atomic E-state index is 5.96. The highest BCUT2D eigenvalue weighted by Crippen LogP contribution is 2.23. The fourth-order valence-electron chi connectivity index (χ4n) is 2.29. The topological polar surface area (TPSA) is 85.7 Å². The Morgan fingerprint density at radius 1 is 1.11 bits per heavy atom. The zero-order valence-electron chi connectivity index (χ0n) is 15.3. The number of rotatable bonds is 6. The predicted octanol–water partition coefficient (Wildman–Crippen LogP) is 5.14. The van der Waals surface area contributed by atoms with Crippen LogP contribution in [0.1, 0.15) is 31.2 Å². The number of nitrogens with two attached hydrogens (primary N) is 1. The van der Waals surface area contributed by atoms with Gasteiger partial charge < -0.3 is 20.3 Å². The van der Waals surface area contributed by atoms with Gasteiger partial charge in [0.05, 0.1) is 5.69 Å². The van der Waals surface area contributed by atoms with Gasteiger partial charge >= 0.3 is 0 Å². The molecule has 0 aliphatic heterocycles. The second-order valence-electron chi connectivity index (χ2n) is 6.14. The molecule has 142 valence electrons. The average molecular weight is 478 g/mol. The minimum absolute atomic E-state index is 0. The Kier molecular flexibility index (Phi) is 7.66. The van der Waals surface area contributed by atoms with Gasteiger partial charge in [0.1, 0.15) is 18.0 Å². The van der Waals surface area contributed by atoms with Crippen molar-refractivity contribution in [2.45, 2.75) is 26.3 Å². The van der Waals surface area contributed by atoms with E-state index in [-0.39, 0.29) is 24.0 Å². The minimum Gasteiger partial charge on any atom is -0.457 e. The zero-order chi connectivity index (χ0) is 18.4. The van der Waals surface area contributed by atoms with Crippen LogP contribution in [0, 0.1) is 0 Å². The number of aromatic nitrogens is 1. The van der Waals surface area contributed by atoms with Crippen LogP contribution in [0.3, 0.4) is 0 Å². The number of ether oxygens (including phenoxy) is 1. The van der Waals surface area contributed by atoms with Crippen molar-refractivity contribution in [3.05, 3.63) is 72.1 Å². The summed E-state index contributed by atoms with van der Waals surface area (Å²) in [6.45, 7) is 4.45. The quantitative estimate of drug-likeness (QED) is 0.291. The summed E-state index contributed by atoms with van der Waals surface area (Å²) in [6, 6.07) is 19.0. The second-order valence-corrected chi connectivity index (χ2v) is 6.14. The molecule has 0 saturated heterocycles. The SMILES string of the molecule is CC(C)c1cc(CN=C(N)Nc2cccc(Oc3ccccc3)c2)on1.I. The number of hydrogen-bond donors (Lipinski definition) is 2. The third kappa shape index (κ3) is 6.28. The molecule has 0 amide bonds. The molecule has 2 aromatic carbocycles. The fourth-order valence-corrected chi connectivity index (χ4v) is 2.29. The van der Waals surface area contributed by atoms with Crippen LogP contribution in [-0.2, 0) is 6.54 Å². The summed E-state index contributed by atoms with van der Waals surface area (Å²) < 4.78 is 11.1. The number of guanidine groups is 1. The highest BCUT2D eigenvalue weighted by molar-refractivity contribution is 14.0. The lowest BCUT2D eigenvalue weighted by Crippen LogP contribution is -2.22. The molecule has 0 spiro atoms. The van der Waals surface area contributed by atoms with Crippen molar-refractivity contribution in [1.29, 1.82) is 0 Å². The van der Waals surface area contributed by atoms with Gasteiger partial charge in [-0.15, -0.1) is 24.0 Å². The number of nitrogens with zero attached hydrogens (tertiary/aromatic N) is 2. The monoisotopic (exact) mass is 478 g/mol. The molecule has 0 bridgehead atoms. The summed E-state index contributed by atoms with van der Waals surface area (Å²) >= 11 is 0. The average Bonchev–Trinajstić information content (AvgIpc) is 3.11. The van der Waals surface area contributed by atoms with Crippen LogP contribution in [0.15, 0.2) is 70.2 Å². The van der Waals surface area contributed by atoms with Crippen molar-refractivity contribution >= 4 is 35.6 Å². The number of nitrogens with one attached hydrogen (secondary N) is 1. The van der Waals surface area contributed by atoms with Crippen LogP contribution in [-0.4, -0.2) is 11.1 Å². The first-order chi connectivity index (χ1) is 12.6. The van der Waals surface area contributed by atoms with Crippen LogP contribution in [0.2, 0.25) is 0 Å². The number of anilines is 1. The van der Waals surface area contributed by atoms with E-state index in [4.69, 9.17) is 15.0 Å². The molecule has 6 nitrogen and oxygen atoms in total. The Morgan fingerprint density at radius 3 is 2.56 bits per heavy atom. The van der Waals surface area contributed by atoms with E-state index in [1.54, 1.807) is 0 Å². The van der Waals surface area contributed by atoms with Crippen molar-refractivity contribution in [3.8, 4) is 11.5 Å². The largest absolute Gasteiger partial charge is 0.457 e. The third-order valence-electron chi connectivity index (χ3n) is 3.66. The molecule has 7 heteroatoms. The van der Waals surface area contributed by atoms with Crippen LogP contribution in [0.4, 0.5) is 5.69 Å². The molecule has 0 fully saturated rings. The first-order valence-corrected chi connectivity index (χ1v) is 8.45. The van der Waals surface area contributed by atoms with E-state index in [2.05, 4.69) is 29.3 Å². The van der Waals surface area contributed by atoms with Crippen LogP contribution in [0.25, 0.3) is 0 Å². The van der Waals surface area contributed by atoms with Gasteiger partial charge in [-0.2, -0.15) is 0 Å². The highest BCUT2D eigenvalue weighted by atomic mass is 127. The van der Waals surface area contributed by atoms with E-state index in [0.29, 0.717) is 29.9 Å². The lowest BCUT2D eigenvalue weighted by atomic mass is 10.1. The van der Waals surface area contributed by atoms with E-state index >= 15 is 0 Å². The summed E-state index contributed by atoms with van der Waals surface area (Å²) in [5.74, 6) is 2.78. The van der Waals surface area contributed by atoms with E-state index in [0.717, 1.165) is 17.1 Å². The molecule has 0 unspecified atom stereocenters. The Morgan fingerprint density at radius 2 is 1.85 bits per heavy atom. The number of halogens is 1. The molecular weight excluding hydrogens is 455 g/mol. The lowest BCUT2D eigenvalue weighted by Gasteiger charge is -2.09. The molecule has 3 N–H and O–H groups in total. The molecule has 0 saturated carbocycles. The van der Waals surface area contributed by atoms with Crippen LogP contribution >= 0.6 is 24.0 Å². The molecule has 1 heterocycles. The summed E-state index contributed by atoms with van der Waals surface area (Å²) in [4.78, 5) is 4.28. The van der Waals surface area contributed by atoms with Crippen molar-refractivity contribution in [2.24, 2.45) is 10.7 Å². The number of hydrogen-bond acceptors (Lipinski definition) is 4. The van der Waals surface area contributed by atoms with Crippen molar-refractivity contribution in [2.75, 3.05) is 5.32 Å². The summed E-state index contributed by atoms with van der Waals surface area (Å²) in [5.41, 5.74) is 7.66. The molecule has 27 heavy (non-hydrogen) atoms. The summed E-state index contributed by atoms with van der Waals surface area (Å²) in [7, 11) is 0. The maximum Gasteiger partial charge on any atom is 0.193 e. The first-order valence-electron chi connectivity index (χ1n) is 8.45. The molecule has 0 atom stereocenters. The zero-order valence-corrected chi connectivity index (χ0v) is 17.6. The smallest absolute Gasteiger partial charge is 0.193 e. The Bertz CT molecular complexity index is 878. The highest BCUT2D eigenvalue weighted by Gasteiger charge is 2.07. The summed E-state index contributed by atoms with van der Waals surface area (Å²) in [5, 5.41) is 7.06. The molecular formula is C20H23IN4O2. The Balaban J connectivity index is 0.00000261. The van der Waals surface area contributed by atoms with Crippen molar-refractivity contribution in [3.63, 3.8) is 0 Å². The number of benzene rings is 2. The van der Waals surface area contributed by atoms with Crippen LogP contribution in [0.5, 0.6) is 11.5 Å². The van der Waals surface area contributed by atoms with Gasteiger partial charge in [0.15, 0.2) is 11.7 Å². The van der Waals surface area contributed by atoms with E-state index in [1.807, 2.05) is 60.7 Å². The third-order valence-corrected chi connectivity index (χ3v) is 3.66. The van der Waals surface area contributed by atoms with Gasteiger partial charge in [-0.05, 0) is 30.2 Å². The minimum atomic E-state index is 0. The second kappa shape index (κ2) is 9.96. The van der Waals surface area contributed by atoms with E-state index < -0.39 is 0 Å². The predicted molar refractivity (Wildman–Crippen MR) is 118 cm³/mol. The Labute approximate surface area is 175 Å². The van der Waals surface area contributed by atoms with E-state index in [9.17, 15) is 0 Å². The molecule has 0 radical (unpaired) electrons. The van der Waals surface area contributed by atoms with E-state index in [1.165, 1.54) is 0 Å². The molecule has 0 aliphatic carbocycles. The molecule has 3 aromatic rings. The van der Waals surface area contributed by atoms with Gasteiger partial charge in [-0.1, -0.05) is 43.3 Å². The van der Waals surface area contributed by atoms with Gasteiger partial charge in [-0.3, -0.25) is 0 Å². The van der Waals surface area contributed by atoms with Gasteiger partial charge in [0.25, 0.3) is 0 Å². The molecule has 0 aliphatic rings. The van der Waals surface area contributed by atoms with Crippen molar-refractivity contribution in [1.82, 2.24) is 5.16 Å². The fraction of sp³-hybridized carbons (Fsp3) is 0.200. The normalized spacial score (nSPS) is 11.1. The first kappa shape index (κ1) is 20.8. The number of aliphatic imine (C=N–C) groups is 1. The molecule has 1 aromatic heterocycles. The van der Waals surface area contributed by atoms with Crippen molar-refractivity contribution < 1.29 is 9.26 Å².